The minimum atomic E-state index is -0.696. The number of hydrogen-bond donors (Lipinski definition) is 2. The number of carbonyl (C=O) groups excluding carboxylic acids is 1. The summed E-state index contributed by atoms with van der Waals surface area (Å²) in [5.74, 6) is 1.27. The molecule has 2 heterocycles. The summed E-state index contributed by atoms with van der Waals surface area (Å²) < 4.78 is 17.3. The molecule has 0 bridgehead atoms. The van der Waals surface area contributed by atoms with Gasteiger partial charge in [-0.1, -0.05) is 17.7 Å². The maximum Gasteiger partial charge on any atom is 0.418 e. The molecule has 1 saturated heterocycles. The number of nitrogens with one attached hydrogen (secondary N) is 1. The van der Waals surface area contributed by atoms with Crippen molar-refractivity contribution in [3.8, 4) is 16.6 Å². The number of halogens is 1. The quantitative estimate of drug-likeness (QED) is 0.389. The zero-order chi connectivity index (χ0) is 24.8. The largest absolute Gasteiger partial charge is 0.489 e. The topological polar surface area (TPSA) is 80.3 Å². The molecule has 3 aromatic rings. The lowest BCUT2D eigenvalue weighted by Crippen LogP contribution is -2.35. The van der Waals surface area contributed by atoms with Gasteiger partial charge in [0.2, 0.25) is 0 Å². The Morgan fingerprint density at radius 2 is 2.03 bits per heavy atom. The number of aliphatic hydroxyl groups is 1. The van der Waals surface area contributed by atoms with Gasteiger partial charge >= 0.3 is 6.09 Å². The summed E-state index contributed by atoms with van der Waals surface area (Å²) in [6, 6.07) is 14.7. The number of aryl methyl sites for hydroxylation is 2. The van der Waals surface area contributed by atoms with Crippen molar-refractivity contribution in [1.82, 2.24) is 4.90 Å². The van der Waals surface area contributed by atoms with Gasteiger partial charge in [-0.15, -0.1) is 11.3 Å². The maximum atomic E-state index is 12.4. The van der Waals surface area contributed by atoms with E-state index in [0.717, 1.165) is 36.4 Å². The first kappa shape index (κ1) is 25.3. The van der Waals surface area contributed by atoms with E-state index >= 15 is 0 Å². The molecule has 1 aromatic heterocycles. The summed E-state index contributed by atoms with van der Waals surface area (Å²) in [6.45, 7) is 5.94. The molecule has 9 heteroatoms. The lowest BCUT2D eigenvalue weighted by Gasteiger charge is -2.21. The van der Waals surface area contributed by atoms with Crippen molar-refractivity contribution >= 4 is 34.7 Å². The van der Waals surface area contributed by atoms with Gasteiger partial charge in [0, 0.05) is 30.2 Å². The monoisotopic (exact) mass is 516 g/mol. The van der Waals surface area contributed by atoms with E-state index in [-0.39, 0.29) is 12.7 Å². The highest BCUT2D eigenvalue weighted by atomic mass is 35.5. The van der Waals surface area contributed by atoms with Crippen molar-refractivity contribution in [1.29, 1.82) is 0 Å². The first-order valence-electron chi connectivity index (χ1n) is 11.4. The van der Waals surface area contributed by atoms with Crippen molar-refractivity contribution in [3.63, 3.8) is 0 Å². The Morgan fingerprint density at radius 3 is 2.77 bits per heavy atom. The number of aliphatic hydroxyl groups excluding tert-OH is 1. The summed E-state index contributed by atoms with van der Waals surface area (Å²) in [4.78, 5) is 14.5. The van der Waals surface area contributed by atoms with E-state index in [1.54, 1.807) is 6.07 Å². The molecular formula is C26H29ClN2O5S. The molecule has 1 aliphatic heterocycles. The number of rotatable bonds is 9. The van der Waals surface area contributed by atoms with Crippen LogP contribution in [0.3, 0.4) is 0 Å². The van der Waals surface area contributed by atoms with Gasteiger partial charge in [0.15, 0.2) is 5.06 Å². The van der Waals surface area contributed by atoms with Crippen LogP contribution in [0.25, 0.3) is 0 Å². The Balaban J connectivity index is 1.26. The standard InChI is InChI=1S/C26H29ClN2O5S/c1-17-3-8-23(28-26(31)34-25-18(2)10-12-35-25)24(13-17)32-16-20(30)14-29-11-9-22(15-29)33-21-6-4-19(27)5-7-21/h3-8,10,12-13,20,22,30H,9,11,14-16H2,1-2H3,(H,28,31). The second kappa shape index (κ2) is 11.8. The first-order chi connectivity index (χ1) is 16.9. The Bertz CT molecular complexity index is 1140. The van der Waals surface area contributed by atoms with Gasteiger partial charge < -0.3 is 19.3 Å². The first-order valence-corrected chi connectivity index (χ1v) is 12.7. The van der Waals surface area contributed by atoms with Crippen molar-refractivity contribution in [2.24, 2.45) is 0 Å². The van der Waals surface area contributed by atoms with Gasteiger partial charge in [-0.3, -0.25) is 10.2 Å². The fourth-order valence-corrected chi connectivity index (χ4v) is 4.74. The number of anilines is 1. The fourth-order valence-electron chi connectivity index (χ4n) is 3.84. The van der Waals surface area contributed by atoms with Crippen LogP contribution in [0.2, 0.25) is 5.02 Å². The molecule has 4 rings (SSSR count). The minimum Gasteiger partial charge on any atom is -0.489 e. The highest BCUT2D eigenvalue weighted by molar-refractivity contribution is 7.12. The van der Waals surface area contributed by atoms with Gasteiger partial charge in [-0.2, -0.15) is 0 Å². The predicted octanol–water partition coefficient (Wildman–Crippen LogP) is 5.52. The third kappa shape index (κ3) is 7.35. The van der Waals surface area contributed by atoms with Gasteiger partial charge in [0.25, 0.3) is 0 Å². The molecule has 186 valence electrons. The second-order valence-electron chi connectivity index (χ2n) is 8.61. The Morgan fingerprint density at radius 1 is 1.23 bits per heavy atom. The maximum absolute atomic E-state index is 12.4. The smallest absolute Gasteiger partial charge is 0.418 e. The van der Waals surface area contributed by atoms with E-state index in [0.29, 0.717) is 28.1 Å². The van der Waals surface area contributed by atoms with E-state index < -0.39 is 12.2 Å². The number of amides is 1. The highest BCUT2D eigenvalue weighted by Gasteiger charge is 2.26. The molecule has 1 aliphatic rings. The highest BCUT2D eigenvalue weighted by Crippen LogP contribution is 2.29. The number of ether oxygens (including phenoxy) is 3. The SMILES string of the molecule is Cc1ccc(NC(=O)Oc2sccc2C)c(OCC(O)CN2CCC(Oc3ccc(Cl)cc3)C2)c1. The number of nitrogens with zero attached hydrogens (tertiary/aromatic N) is 1. The van der Waals surface area contributed by atoms with Crippen LogP contribution >= 0.6 is 22.9 Å². The molecule has 2 atom stereocenters. The van der Waals surface area contributed by atoms with Crippen LogP contribution in [0, 0.1) is 13.8 Å². The molecule has 0 saturated carbocycles. The van der Waals surface area contributed by atoms with Crippen LogP contribution in [0.5, 0.6) is 16.6 Å². The average Bonchev–Trinajstić information content (AvgIpc) is 3.43. The molecule has 0 spiro atoms. The molecule has 2 N–H and O–H groups in total. The Hall–Kier alpha value is -2.78. The lowest BCUT2D eigenvalue weighted by atomic mass is 10.2. The third-order valence-electron chi connectivity index (χ3n) is 5.62. The van der Waals surface area contributed by atoms with Crippen LogP contribution in [0.1, 0.15) is 17.5 Å². The van der Waals surface area contributed by atoms with Crippen molar-refractivity contribution in [3.05, 3.63) is 70.1 Å². The number of carbonyl (C=O) groups is 1. The second-order valence-corrected chi connectivity index (χ2v) is 9.93. The number of hydrogen-bond acceptors (Lipinski definition) is 7. The van der Waals surface area contributed by atoms with Gasteiger partial charge in [-0.25, -0.2) is 4.79 Å². The zero-order valence-corrected chi connectivity index (χ0v) is 21.3. The molecule has 0 radical (unpaired) electrons. The van der Waals surface area contributed by atoms with Crippen LogP contribution in [-0.4, -0.2) is 54.5 Å². The summed E-state index contributed by atoms with van der Waals surface area (Å²) in [5.41, 5.74) is 2.36. The molecular weight excluding hydrogens is 488 g/mol. The number of likely N-dealkylation sites (tertiary alicyclic amines) is 1. The predicted molar refractivity (Wildman–Crippen MR) is 138 cm³/mol. The summed E-state index contributed by atoms with van der Waals surface area (Å²) in [5, 5.41) is 16.4. The van der Waals surface area contributed by atoms with Crippen LogP contribution < -0.4 is 19.5 Å². The summed E-state index contributed by atoms with van der Waals surface area (Å²) in [7, 11) is 0. The molecule has 1 amide bonds. The molecule has 1 fully saturated rings. The van der Waals surface area contributed by atoms with Gasteiger partial charge in [0.1, 0.15) is 30.3 Å². The van der Waals surface area contributed by atoms with Crippen LogP contribution in [-0.2, 0) is 0 Å². The number of β-amino-alcohol motifs (C(OH)–C–C–N with tert-alkyl or cyclic N) is 1. The fraction of sp³-hybridized carbons (Fsp3) is 0.346. The molecule has 2 aromatic carbocycles. The minimum absolute atomic E-state index is 0.0647. The summed E-state index contributed by atoms with van der Waals surface area (Å²) in [6.07, 6.45) is -0.338. The molecule has 2 unspecified atom stereocenters. The van der Waals surface area contributed by atoms with Gasteiger partial charge in [-0.05, 0) is 73.7 Å². The van der Waals surface area contributed by atoms with Gasteiger partial charge in [0.05, 0.1) is 5.69 Å². The van der Waals surface area contributed by atoms with Crippen LogP contribution in [0.4, 0.5) is 10.5 Å². The van der Waals surface area contributed by atoms with Crippen molar-refractivity contribution in [2.45, 2.75) is 32.5 Å². The van der Waals surface area contributed by atoms with Crippen molar-refractivity contribution < 1.29 is 24.1 Å². The van der Waals surface area contributed by atoms with E-state index in [1.165, 1.54) is 11.3 Å². The molecule has 7 nitrogen and oxygen atoms in total. The van der Waals surface area contributed by atoms with E-state index in [9.17, 15) is 9.90 Å². The molecule has 35 heavy (non-hydrogen) atoms. The number of thiophene rings is 1. The Kier molecular flexibility index (Phi) is 8.51. The zero-order valence-electron chi connectivity index (χ0n) is 19.7. The third-order valence-corrected chi connectivity index (χ3v) is 6.76. The number of benzene rings is 2. The molecule has 0 aliphatic carbocycles. The van der Waals surface area contributed by atoms with E-state index in [2.05, 4.69) is 10.2 Å². The summed E-state index contributed by atoms with van der Waals surface area (Å²) >= 11 is 7.29. The van der Waals surface area contributed by atoms with E-state index in [1.807, 2.05) is 61.7 Å². The Labute approximate surface area is 214 Å². The lowest BCUT2D eigenvalue weighted by molar-refractivity contribution is 0.0722. The van der Waals surface area contributed by atoms with Crippen LogP contribution in [0.15, 0.2) is 53.9 Å². The van der Waals surface area contributed by atoms with E-state index in [4.69, 9.17) is 25.8 Å². The normalized spacial score (nSPS) is 16.6. The van der Waals surface area contributed by atoms with Crippen molar-refractivity contribution in [2.75, 3.05) is 31.6 Å². The average molecular weight is 517 g/mol.